The highest BCUT2D eigenvalue weighted by molar-refractivity contribution is 5.97. The number of aromatic nitrogens is 2. The van der Waals surface area contributed by atoms with Crippen LogP contribution in [0.2, 0.25) is 0 Å². The maximum Gasteiger partial charge on any atom is 0.278 e. The molecule has 2 amide bonds. The number of amides is 2. The van der Waals surface area contributed by atoms with Crippen LogP contribution in [0.15, 0.2) is 77.6 Å². The molecule has 0 radical (unpaired) electrons. The molecule has 4 aromatic rings. The summed E-state index contributed by atoms with van der Waals surface area (Å²) >= 11 is 0. The number of carbonyl (C=O) groups is 2. The average Bonchev–Trinajstić information content (AvgIpc) is 2.85. The summed E-state index contributed by atoms with van der Waals surface area (Å²) in [5.41, 5.74) is 3.50. The summed E-state index contributed by atoms with van der Waals surface area (Å²) < 4.78 is 1.46. The van der Waals surface area contributed by atoms with Crippen molar-refractivity contribution in [2.24, 2.45) is 0 Å². The van der Waals surface area contributed by atoms with Gasteiger partial charge in [0.15, 0.2) is 0 Å². The first-order valence-corrected chi connectivity index (χ1v) is 11.2. The number of para-hydroxylation sites is 4. The van der Waals surface area contributed by atoms with Gasteiger partial charge in [0.1, 0.15) is 11.7 Å². The smallest absolute Gasteiger partial charge is 0.278 e. The molecule has 0 aliphatic carbocycles. The summed E-state index contributed by atoms with van der Waals surface area (Å²) in [6, 6.07) is 20.9. The third-order valence-electron chi connectivity index (χ3n) is 5.74. The molecule has 7 heteroatoms. The van der Waals surface area contributed by atoms with Crippen molar-refractivity contribution in [2.75, 3.05) is 10.6 Å². The minimum absolute atomic E-state index is 0.167. The van der Waals surface area contributed by atoms with Crippen LogP contribution in [-0.4, -0.2) is 21.4 Å². The number of anilines is 2. The van der Waals surface area contributed by atoms with Gasteiger partial charge in [-0.3, -0.25) is 19.0 Å². The van der Waals surface area contributed by atoms with Gasteiger partial charge in [0.25, 0.3) is 5.56 Å². The molecule has 1 heterocycles. The van der Waals surface area contributed by atoms with Gasteiger partial charge in [-0.25, -0.2) is 4.98 Å². The topological polar surface area (TPSA) is 93.1 Å². The predicted octanol–water partition coefficient (Wildman–Crippen LogP) is 4.92. The SMILES string of the molecule is CCC(=O)Nc1ccccc1-c1nc2ccccc2n([C@@H](C)C(=O)Nc2ccccc2C)c1=O. The molecule has 7 nitrogen and oxygen atoms in total. The highest BCUT2D eigenvalue weighted by atomic mass is 16.2. The van der Waals surface area contributed by atoms with Crippen molar-refractivity contribution in [3.63, 3.8) is 0 Å². The van der Waals surface area contributed by atoms with Crippen molar-refractivity contribution in [3.8, 4) is 11.3 Å². The van der Waals surface area contributed by atoms with Crippen LogP contribution >= 0.6 is 0 Å². The number of fused-ring (bicyclic) bond motifs is 1. The summed E-state index contributed by atoms with van der Waals surface area (Å²) in [7, 11) is 0. The van der Waals surface area contributed by atoms with Crippen LogP contribution in [0.4, 0.5) is 11.4 Å². The van der Waals surface area contributed by atoms with Crippen molar-refractivity contribution in [1.29, 1.82) is 0 Å². The first-order valence-electron chi connectivity index (χ1n) is 11.2. The fourth-order valence-electron chi connectivity index (χ4n) is 3.82. The van der Waals surface area contributed by atoms with E-state index < -0.39 is 11.6 Å². The van der Waals surface area contributed by atoms with E-state index in [1.54, 1.807) is 56.3 Å². The fraction of sp³-hybridized carbons (Fsp3) is 0.185. The summed E-state index contributed by atoms with van der Waals surface area (Å²) in [5, 5.41) is 5.77. The number of carbonyl (C=O) groups excluding carboxylic acids is 2. The molecular weight excluding hydrogens is 428 g/mol. The molecule has 1 aromatic heterocycles. The Hall–Kier alpha value is -4.26. The van der Waals surface area contributed by atoms with Crippen molar-refractivity contribution in [3.05, 3.63) is 88.7 Å². The summed E-state index contributed by atoms with van der Waals surface area (Å²) in [6.45, 7) is 5.36. The Labute approximate surface area is 197 Å². The molecule has 172 valence electrons. The van der Waals surface area contributed by atoms with E-state index in [-0.39, 0.29) is 17.5 Å². The molecule has 3 aromatic carbocycles. The number of nitrogens with zero attached hydrogens (tertiary/aromatic N) is 2. The number of benzene rings is 3. The summed E-state index contributed by atoms with van der Waals surface area (Å²) in [5.74, 6) is -0.481. The lowest BCUT2D eigenvalue weighted by molar-refractivity contribution is -0.119. The minimum atomic E-state index is -0.809. The van der Waals surface area contributed by atoms with Crippen molar-refractivity contribution in [1.82, 2.24) is 9.55 Å². The second-order valence-corrected chi connectivity index (χ2v) is 8.05. The molecule has 0 aliphatic heterocycles. The van der Waals surface area contributed by atoms with E-state index in [4.69, 9.17) is 0 Å². The van der Waals surface area contributed by atoms with Gasteiger partial charge in [-0.2, -0.15) is 0 Å². The predicted molar refractivity (Wildman–Crippen MR) is 135 cm³/mol. The fourth-order valence-corrected chi connectivity index (χ4v) is 3.82. The average molecular weight is 455 g/mol. The Bertz CT molecular complexity index is 1440. The Balaban J connectivity index is 1.85. The van der Waals surface area contributed by atoms with Gasteiger partial charge >= 0.3 is 0 Å². The normalized spacial score (nSPS) is 11.7. The largest absolute Gasteiger partial charge is 0.325 e. The molecule has 0 unspecified atom stereocenters. The zero-order valence-corrected chi connectivity index (χ0v) is 19.3. The first-order chi connectivity index (χ1) is 16.4. The van der Waals surface area contributed by atoms with Crippen molar-refractivity contribution < 1.29 is 9.59 Å². The summed E-state index contributed by atoms with van der Waals surface area (Å²) in [4.78, 5) is 43.7. The van der Waals surface area contributed by atoms with E-state index in [0.29, 0.717) is 34.4 Å². The highest BCUT2D eigenvalue weighted by Crippen LogP contribution is 2.27. The molecule has 0 saturated carbocycles. The number of aryl methyl sites for hydroxylation is 1. The van der Waals surface area contributed by atoms with Gasteiger partial charge < -0.3 is 10.6 Å². The van der Waals surface area contributed by atoms with E-state index >= 15 is 0 Å². The van der Waals surface area contributed by atoms with Crippen LogP contribution < -0.4 is 16.2 Å². The maximum atomic E-state index is 13.8. The van der Waals surface area contributed by atoms with Gasteiger partial charge in [-0.15, -0.1) is 0 Å². The molecule has 4 rings (SSSR count). The second-order valence-electron chi connectivity index (χ2n) is 8.05. The van der Waals surface area contributed by atoms with Crippen LogP contribution in [0.5, 0.6) is 0 Å². The summed E-state index contributed by atoms with van der Waals surface area (Å²) in [6.07, 6.45) is 0.305. The minimum Gasteiger partial charge on any atom is -0.325 e. The lowest BCUT2D eigenvalue weighted by Gasteiger charge is -2.20. The van der Waals surface area contributed by atoms with Gasteiger partial charge in [-0.05, 0) is 43.7 Å². The lowest BCUT2D eigenvalue weighted by Crippen LogP contribution is -2.33. The van der Waals surface area contributed by atoms with Crippen LogP contribution in [0.3, 0.4) is 0 Å². The molecule has 34 heavy (non-hydrogen) atoms. The third kappa shape index (κ3) is 4.45. The van der Waals surface area contributed by atoms with Crippen LogP contribution in [-0.2, 0) is 9.59 Å². The zero-order valence-electron chi connectivity index (χ0n) is 19.3. The quantitative estimate of drug-likeness (QED) is 0.432. The number of hydrogen-bond donors (Lipinski definition) is 2. The number of hydrogen-bond acceptors (Lipinski definition) is 4. The second kappa shape index (κ2) is 9.70. The van der Waals surface area contributed by atoms with Gasteiger partial charge in [-0.1, -0.05) is 55.5 Å². The van der Waals surface area contributed by atoms with Crippen LogP contribution in [0.25, 0.3) is 22.3 Å². The van der Waals surface area contributed by atoms with E-state index in [9.17, 15) is 14.4 Å². The van der Waals surface area contributed by atoms with Gasteiger partial charge in [0.05, 0.1) is 16.7 Å². The van der Waals surface area contributed by atoms with Gasteiger partial charge in [0, 0.05) is 17.7 Å². The highest BCUT2D eigenvalue weighted by Gasteiger charge is 2.23. The van der Waals surface area contributed by atoms with E-state index in [1.165, 1.54) is 4.57 Å². The molecule has 0 aliphatic rings. The molecule has 2 N–H and O–H groups in total. The molecule has 0 fully saturated rings. The van der Waals surface area contributed by atoms with Crippen molar-refractivity contribution >= 4 is 34.2 Å². The Morgan fingerprint density at radius 3 is 2.29 bits per heavy atom. The third-order valence-corrected chi connectivity index (χ3v) is 5.74. The van der Waals surface area contributed by atoms with E-state index in [0.717, 1.165) is 5.56 Å². The Kier molecular flexibility index (Phi) is 6.54. The molecular formula is C27H26N4O3. The van der Waals surface area contributed by atoms with Crippen LogP contribution in [0.1, 0.15) is 31.9 Å². The number of rotatable bonds is 6. The molecule has 0 spiro atoms. The zero-order chi connectivity index (χ0) is 24.2. The standard InChI is InChI=1S/C27H26N4O3/c1-4-24(32)28-21-14-8-6-12-19(21)25-27(34)31(23-16-10-9-15-22(23)29-25)18(3)26(33)30-20-13-7-5-11-17(20)2/h5-16,18H,4H2,1-3H3,(H,28,32)(H,30,33)/t18-/m0/s1. The van der Waals surface area contributed by atoms with Gasteiger partial charge in [0.2, 0.25) is 11.8 Å². The number of nitrogens with one attached hydrogen (secondary N) is 2. The monoisotopic (exact) mass is 454 g/mol. The maximum absolute atomic E-state index is 13.8. The van der Waals surface area contributed by atoms with Crippen LogP contribution in [0, 0.1) is 6.92 Å². The lowest BCUT2D eigenvalue weighted by atomic mass is 10.1. The molecule has 0 bridgehead atoms. The Morgan fingerprint density at radius 1 is 0.912 bits per heavy atom. The molecule has 1 atom stereocenters. The molecule has 0 saturated heterocycles. The Morgan fingerprint density at radius 2 is 1.56 bits per heavy atom. The van der Waals surface area contributed by atoms with E-state index in [2.05, 4.69) is 15.6 Å². The first kappa shape index (κ1) is 22.9. The van der Waals surface area contributed by atoms with E-state index in [1.807, 2.05) is 37.3 Å². The van der Waals surface area contributed by atoms with Crippen molar-refractivity contribution in [2.45, 2.75) is 33.2 Å².